The standard InChI is InChI=1S/C22H23ClN6O2S/c1-15-18(20(31)27-22(26-15)32-14-16-4-2-5-17(23)12-16)13-19(30)28-8-10-29(11-9-28)21-24-6-3-7-25-21/h2-7,12H,8-11,13-14H2,1H3,(H,26,27,31). The van der Waals surface area contributed by atoms with Gasteiger partial charge in [0.2, 0.25) is 11.9 Å². The number of hydrogen-bond acceptors (Lipinski definition) is 7. The van der Waals surface area contributed by atoms with Crippen molar-refractivity contribution >= 4 is 35.2 Å². The van der Waals surface area contributed by atoms with Crippen molar-refractivity contribution in [3.05, 3.63) is 74.9 Å². The number of carbonyl (C=O) groups is 1. The first kappa shape index (κ1) is 22.3. The van der Waals surface area contributed by atoms with Crippen LogP contribution in [-0.2, 0) is 17.0 Å². The molecule has 4 rings (SSSR count). The summed E-state index contributed by atoms with van der Waals surface area (Å²) in [7, 11) is 0. The fraction of sp³-hybridized carbons (Fsp3) is 0.318. The maximum absolute atomic E-state index is 12.8. The molecule has 0 radical (unpaired) electrons. The molecule has 1 saturated heterocycles. The van der Waals surface area contributed by atoms with E-state index in [0.717, 1.165) is 5.56 Å². The summed E-state index contributed by atoms with van der Waals surface area (Å²) in [5.41, 5.74) is 1.76. The Labute approximate surface area is 195 Å². The predicted octanol–water partition coefficient (Wildman–Crippen LogP) is 2.71. The lowest BCUT2D eigenvalue weighted by Crippen LogP contribution is -2.50. The van der Waals surface area contributed by atoms with Crippen LogP contribution in [0.5, 0.6) is 0 Å². The van der Waals surface area contributed by atoms with E-state index in [1.165, 1.54) is 11.8 Å². The number of aryl methyl sites for hydroxylation is 1. The Morgan fingerprint density at radius 2 is 1.91 bits per heavy atom. The minimum Gasteiger partial charge on any atom is -0.339 e. The molecule has 1 aromatic carbocycles. The van der Waals surface area contributed by atoms with Gasteiger partial charge in [-0.2, -0.15) is 0 Å². The van der Waals surface area contributed by atoms with Crippen LogP contribution in [0.1, 0.15) is 16.8 Å². The Bertz CT molecular complexity index is 1150. The largest absolute Gasteiger partial charge is 0.339 e. The zero-order chi connectivity index (χ0) is 22.5. The van der Waals surface area contributed by atoms with Gasteiger partial charge in [0.05, 0.1) is 6.42 Å². The molecule has 2 aromatic heterocycles. The van der Waals surface area contributed by atoms with Crippen LogP contribution in [0.4, 0.5) is 5.95 Å². The minimum atomic E-state index is -0.268. The van der Waals surface area contributed by atoms with Gasteiger partial charge in [-0.25, -0.2) is 15.0 Å². The van der Waals surface area contributed by atoms with Gasteiger partial charge >= 0.3 is 0 Å². The molecule has 1 amide bonds. The van der Waals surface area contributed by atoms with Gasteiger partial charge in [-0.1, -0.05) is 35.5 Å². The number of anilines is 1. The average molecular weight is 471 g/mol. The molecule has 0 aliphatic carbocycles. The van der Waals surface area contributed by atoms with Crippen molar-refractivity contribution < 1.29 is 4.79 Å². The lowest BCUT2D eigenvalue weighted by atomic mass is 10.1. The van der Waals surface area contributed by atoms with Crippen LogP contribution in [0, 0.1) is 6.92 Å². The molecular formula is C22H23ClN6O2S. The van der Waals surface area contributed by atoms with Crippen LogP contribution in [0.25, 0.3) is 0 Å². The second-order valence-corrected chi connectivity index (χ2v) is 8.85. The highest BCUT2D eigenvalue weighted by molar-refractivity contribution is 7.98. The molecule has 0 unspecified atom stereocenters. The molecule has 0 bridgehead atoms. The lowest BCUT2D eigenvalue weighted by Gasteiger charge is -2.34. The molecule has 8 nitrogen and oxygen atoms in total. The maximum Gasteiger partial charge on any atom is 0.255 e. The van der Waals surface area contributed by atoms with Gasteiger partial charge < -0.3 is 14.8 Å². The van der Waals surface area contributed by atoms with E-state index in [1.54, 1.807) is 30.3 Å². The minimum absolute atomic E-state index is 0.0369. The first-order valence-electron chi connectivity index (χ1n) is 10.3. The summed E-state index contributed by atoms with van der Waals surface area (Å²) in [6, 6.07) is 9.34. The molecule has 1 aliphatic heterocycles. The number of benzene rings is 1. The molecule has 0 spiro atoms. The number of aromatic amines is 1. The lowest BCUT2D eigenvalue weighted by molar-refractivity contribution is -0.130. The third kappa shape index (κ3) is 5.46. The third-order valence-corrected chi connectivity index (χ3v) is 6.44. The van der Waals surface area contributed by atoms with Gasteiger partial charge in [-0.15, -0.1) is 0 Å². The second kappa shape index (κ2) is 10.1. The summed E-state index contributed by atoms with van der Waals surface area (Å²) in [4.78, 5) is 45.1. The zero-order valence-electron chi connectivity index (χ0n) is 17.6. The van der Waals surface area contributed by atoms with Gasteiger partial charge in [0.25, 0.3) is 5.56 Å². The summed E-state index contributed by atoms with van der Waals surface area (Å²) < 4.78 is 0. The Hall–Kier alpha value is -2.91. The molecule has 10 heteroatoms. The van der Waals surface area contributed by atoms with Gasteiger partial charge in [0, 0.05) is 60.6 Å². The molecule has 32 heavy (non-hydrogen) atoms. The number of thioether (sulfide) groups is 1. The normalized spacial score (nSPS) is 13.9. The Kier molecular flexibility index (Phi) is 7.06. The van der Waals surface area contributed by atoms with Crippen LogP contribution in [0.15, 0.2) is 52.7 Å². The van der Waals surface area contributed by atoms with E-state index in [1.807, 2.05) is 24.3 Å². The van der Waals surface area contributed by atoms with Gasteiger partial charge in [0.15, 0.2) is 5.16 Å². The highest BCUT2D eigenvalue weighted by Gasteiger charge is 2.24. The van der Waals surface area contributed by atoms with Crippen LogP contribution in [0.3, 0.4) is 0 Å². The zero-order valence-corrected chi connectivity index (χ0v) is 19.2. The Balaban J connectivity index is 1.35. The van der Waals surface area contributed by atoms with E-state index in [9.17, 15) is 9.59 Å². The van der Waals surface area contributed by atoms with E-state index in [2.05, 4.69) is 24.8 Å². The fourth-order valence-electron chi connectivity index (χ4n) is 3.51. The van der Waals surface area contributed by atoms with Crippen molar-refractivity contribution in [2.24, 2.45) is 0 Å². The van der Waals surface area contributed by atoms with E-state index in [4.69, 9.17) is 11.6 Å². The highest BCUT2D eigenvalue weighted by atomic mass is 35.5. The van der Waals surface area contributed by atoms with Crippen molar-refractivity contribution in [3.63, 3.8) is 0 Å². The SMILES string of the molecule is Cc1nc(SCc2cccc(Cl)c2)[nH]c(=O)c1CC(=O)N1CCN(c2ncccn2)CC1. The third-order valence-electron chi connectivity index (χ3n) is 5.26. The highest BCUT2D eigenvalue weighted by Crippen LogP contribution is 2.21. The first-order valence-corrected chi connectivity index (χ1v) is 11.6. The number of carbonyl (C=O) groups excluding carboxylic acids is 1. The second-order valence-electron chi connectivity index (χ2n) is 7.45. The smallest absolute Gasteiger partial charge is 0.255 e. The number of aromatic nitrogens is 4. The molecule has 0 saturated carbocycles. The van der Waals surface area contributed by atoms with Crippen molar-refractivity contribution in [1.82, 2.24) is 24.8 Å². The topological polar surface area (TPSA) is 95.1 Å². The number of H-pyrrole nitrogens is 1. The molecule has 0 atom stereocenters. The predicted molar refractivity (Wildman–Crippen MR) is 125 cm³/mol. The van der Waals surface area contributed by atoms with Crippen LogP contribution < -0.4 is 10.5 Å². The Morgan fingerprint density at radius 3 is 2.59 bits per heavy atom. The van der Waals surface area contributed by atoms with Gasteiger partial charge in [0.1, 0.15) is 0 Å². The van der Waals surface area contributed by atoms with Crippen molar-refractivity contribution in [2.45, 2.75) is 24.3 Å². The summed E-state index contributed by atoms with van der Waals surface area (Å²) >= 11 is 7.45. The average Bonchev–Trinajstić information content (AvgIpc) is 2.81. The number of amides is 1. The maximum atomic E-state index is 12.8. The van der Waals surface area contributed by atoms with E-state index in [-0.39, 0.29) is 17.9 Å². The molecule has 1 N–H and O–H groups in total. The summed E-state index contributed by atoms with van der Waals surface area (Å²) in [5, 5.41) is 1.20. The Morgan fingerprint density at radius 1 is 1.16 bits per heavy atom. The van der Waals surface area contributed by atoms with E-state index in [0.29, 0.717) is 59.3 Å². The fourth-order valence-corrected chi connectivity index (χ4v) is 4.58. The van der Waals surface area contributed by atoms with E-state index < -0.39 is 0 Å². The summed E-state index contributed by atoms with van der Waals surface area (Å²) in [6.45, 7) is 4.21. The molecule has 1 aliphatic rings. The molecule has 3 heterocycles. The molecule has 3 aromatic rings. The van der Waals surface area contributed by atoms with Crippen molar-refractivity contribution in [2.75, 3.05) is 31.1 Å². The number of halogens is 1. The molecule has 1 fully saturated rings. The summed E-state index contributed by atoms with van der Waals surface area (Å²) in [6.07, 6.45) is 3.45. The van der Waals surface area contributed by atoms with Crippen LogP contribution >= 0.6 is 23.4 Å². The molecule has 166 valence electrons. The molecular weight excluding hydrogens is 448 g/mol. The quantitative estimate of drug-likeness (QED) is 0.437. The van der Waals surface area contributed by atoms with Crippen molar-refractivity contribution in [3.8, 4) is 0 Å². The number of nitrogens with one attached hydrogen (secondary N) is 1. The first-order chi connectivity index (χ1) is 15.5. The van der Waals surface area contributed by atoms with Gasteiger partial charge in [-0.05, 0) is 30.7 Å². The van der Waals surface area contributed by atoms with Crippen LogP contribution in [0.2, 0.25) is 5.02 Å². The van der Waals surface area contributed by atoms with Crippen LogP contribution in [-0.4, -0.2) is 56.9 Å². The monoisotopic (exact) mass is 470 g/mol. The van der Waals surface area contributed by atoms with Crippen molar-refractivity contribution in [1.29, 1.82) is 0 Å². The van der Waals surface area contributed by atoms with E-state index >= 15 is 0 Å². The number of rotatable bonds is 6. The number of hydrogen-bond donors (Lipinski definition) is 1. The van der Waals surface area contributed by atoms with Gasteiger partial charge in [-0.3, -0.25) is 9.59 Å². The number of nitrogens with zero attached hydrogens (tertiary/aromatic N) is 5. The number of piperazine rings is 1. The summed E-state index contributed by atoms with van der Waals surface area (Å²) in [5.74, 6) is 1.23.